The largest absolute Gasteiger partial charge is 0.490 e. The molecule has 2 rings (SSSR count). The lowest BCUT2D eigenvalue weighted by atomic mass is 9.76. The lowest BCUT2D eigenvalue weighted by molar-refractivity contribution is -0.143. The fourth-order valence-corrected chi connectivity index (χ4v) is 3.99. The van der Waals surface area contributed by atoms with E-state index in [1.807, 2.05) is 47.6 Å². The second kappa shape index (κ2) is 13.4. The summed E-state index contributed by atoms with van der Waals surface area (Å²) in [4.78, 5) is 38.8. The van der Waals surface area contributed by atoms with E-state index in [0.29, 0.717) is 33.9 Å². The first-order valence-electron chi connectivity index (χ1n) is 15.0. The van der Waals surface area contributed by atoms with Crippen molar-refractivity contribution in [1.82, 2.24) is 0 Å². The minimum Gasteiger partial charge on any atom is -0.490 e. The van der Waals surface area contributed by atoms with Crippen LogP contribution in [0.4, 0.5) is 0 Å². The van der Waals surface area contributed by atoms with Gasteiger partial charge in [0.15, 0.2) is 5.78 Å². The molecule has 0 bridgehead atoms. The molecule has 0 aliphatic rings. The molecule has 0 saturated carbocycles. The van der Waals surface area contributed by atoms with E-state index in [9.17, 15) is 14.4 Å². The molecule has 0 aromatic heterocycles. The summed E-state index contributed by atoms with van der Waals surface area (Å²) < 4.78 is 18.1. The van der Waals surface area contributed by atoms with Crippen LogP contribution in [0.2, 0.25) is 0 Å². The van der Waals surface area contributed by atoms with E-state index >= 15 is 0 Å². The predicted octanol–water partition coefficient (Wildman–Crippen LogP) is 9.20. The summed E-state index contributed by atoms with van der Waals surface area (Å²) in [6.45, 7) is 30.6. The van der Waals surface area contributed by atoms with Gasteiger partial charge < -0.3 is 14.2 Å². The van der Waals surface area contributed by atoms with Crippen molar-refractivity contribution in [2.75, 3.05) is 0 Å². The number of benzene rings is 2. The van der Waals surface area contributed by atoms with Crippen molar-refractivity contribution in [3.05, 3.63) is 84.0 Å². The van der Waals surface area contributed by atoms with Crippen molar-refractivity contribution >= 4 is 23.8 Å². The Labute approximate surface area is 264 Å². The average molecular weight is 603 g/mol. The van der Waals surface area contributed by atoms with Crippen molar-refractivity contribution in [1.29, 1.82) is 0 Å². The molecule has 0 saturated heterocycles. The van der Waals surface area contributed by atoms with Gasteiger partial charge in [-0.25, -0.2) is 0 Å². The van der Waals surface area contributed by atoms with E-state index in [4.69, 9.17) is 14.2 Å². The van der Waals surface area contributed by atoms with E-state index in [2.05, 4.69) is 13.2 Å². The summed E-state index contributed by atoms with van der Waals surface area (Å²) in [6.07, 6.45) is 6.58. The molecule has 0 unspecified atom stereocenters. The SMILES string of the molecule is C=CC(C)(C)c1cc(/C=C/C(=O)c2ccc(OC(=O)C(C)(C)C)cc2)c(OC(C)C)c(C(C)(C)C=C)c1OC(=O)C(C)(C)C. The lowest BCUT2D eigenvalue weighted by Gasteiger charge is -2.34. The fraction of sp³-hybridized carbons (Fsp3) is 0.447. The van der Waals surface area contributed by atoms with Crippen LogP contribution in [0.5, 0.6) is 17.2 Å². The molecule has 0 heterocycles. The zero-order valence-electron chi connectivity index (χ0n) is 28.6. The van der Waals surface area contributed by atoms with Gasteiger partial charge in [-0.15, -0.1) is 13.2 Å². The summed E-state index contributed by atoms with van der Waals surface area (Å²) in [5, 5.41) is 0. The summed E-state index contributed by atoms with van der Waals surface area (Å²) >= 11 is 0. The highest BCUT2D eigenvalue weighted by Gasteiger charge is 2.37. The first-order valence-corrected chi connectivity index (χ1v) is 15.0. The maximum Gasteiger partial charge on any atom is 0.316 e. The molecule has 0 radical (unpaired) electrons. The van der Waals surface area contributed by atoms with Crippen LogP contribution in [0, 0.1) is 10.8 Å². The second-order valence-electron chi connectivity index (χ2n) is 14.6. The second-order valence-corrected chi connectivity index (χ2v) is 14.6. The molecule has 0 fully saturated rings. The van der Waals surface area contributed by atoms with Crippen LogP contribution in [-0.2, 0) is 20.4 Å². The molecule has 2 aromatic rings. The van der Waals surface area contributed by atoms with Gasteiger partial charge in [0.2, 0.25) is 0 Å². The molecule has 0 atom stereocenters. The van der Waals surface area contributed by atoms with Gasteiger partial charge in [0.05, 0.1) is 16.9 Å². The Balaban J connectivity index is 2.78. The molecular weight excluding hydrogens is 552 g/mol. The molecule has 44 heavy (non-hydrogen) atoms. The number of hydrogen-bond donors (Lipinski definition) is 0. The molecular formula is C38H50O6. The number of hydrogen-bond acceptors (Lipinski definition) is 6. The van der Waals surface area contributed by atoms with Crippen molar-refractivity contribution < 1.29 is 28.6 Å². The predicted molar refractivity (Wildman–Crippen MR) is 179 cm³/mol. The van der Waals surface area contributed by atoms with Crippen LogP contribution < -0.4 is 14.2 Å². The highest BCUT2D eigenvalue weighted by Crippen LogP contribution is 2.49. The van der Waals surface area contributed by atoms with E-state index in [-0.39, 0.29) is 23.8 Å². The topological polar surface area (TPSA) is 78.9 Å². The standard InChI is InChI=1S/C38H50O6/c1-15-37(11,12)28-23-26(19-22-29(39)25-17-20-27(21-18-25)43-33(40)35(5,6)7)31(42-24(3)4)30(38(13,14)16-2)32(28)44-34(41)36(8,9)10/h15-24H,1-2H2,3-14H3/b22-19+. The molecule has 2 aromatic carbocycles. The van der Waals surface area contributed by atoms with Gasteiger partial charge in [0, 0.05) is 33.1 Å². The number of allylic oxidation sites excluding steroid dienone is 3. The van der Waals surface area contributed by atoms with Crippen molar-refractivity contribution in [3.8, 4) is 17.2 Å². The number of carbonyl (C=O) groups is 3. The normalized spacial score (nSPS) is 12.7. The smallest absolute Gasteiger partial charge is 0.316 e. The van der Waals surface area contributed by atoms with Gasteiger partial charge in [-0.3, -0.25) is 14.4 Å². The first kappa shape index (κ1) is 36.3. The Morgan fingerprint density at radius 2 is 1.23 bits per heavy atom. The Hall–Kier alpha value is -3.93. The summed E-state index contributed by atoms with van der Waals surface area (Å²) in [6, 6.07) is 8.35. The van der Waals surface area contributed by atoms with Gasteiger partial charge in [-0.1, -0.05) is 39.8 Å². The molecule has 0 spiro atoms. The summed E-state index contributed by atoms with van der Waals surface area (Å²) in [5.41, 5.74) is -0.237. The van der Waals surface area contributed by atoms with E-state index in [0.717, 1.165) is 5.56 Å². The van der Waals surface area contributed by atoms with Gasteiger partial charge in [-0.2, -0.15) is 0 Å². The number of carbonyl (C=O) groups excluding carboxylic acids is 3. The van der Waals surface area contributed by atoms with Crippen LogP contribution in [0.3, 0.4) is 0 Å². The Morgan fingerprint density at radius 1 is 0.727 bits per heavy atom. The van der Waals surface area contributed by atoms with Crippen LogP contribution >= 0.6 is 0 Å². The maximum atomic E-state index is 13.3. The fourth-order valence-electron chi connectivity index (χ4n) is 3.99. The average Bonchev–Trinajstić information content (AvgIpc) is 2.91. The number of ether oxygens (including phenoxy) is 3. The third-order valence-corrected chi connectivity index (χ3v) is 7.16. The quantitative estimate of drug-likeness (QED) is 0.0839. The number of esters is 2. The molecule has 6 heteroatoms. The maximum absolute atomic E-state index is 13.3. The molecule has 0 amide bonds. The third-order valence-electron chi connectivity index (χ3n) is 7.16. The summed E-state index contributed by atoms with van der Waals surface area (Å²) in [5.74, 6) is 0.281. The zero-order valence-corrected chi connectivity index (χ0v) is 28.6. The van der Waals surface area contributed by atoms with Gasteiger partial charge in [0.1, 0.15) is 17.2 Å². The van der Waals surface area contributed by atoms with Gasteiger partial charge in [-0.05, 0) is 97.9 Å². The third kappa shape index (κ3) is 8.81. The molecule has 0 aliphatic carbocycles. The van der Waals surface area contributed by atoms with Crippen molar-refractivity contribution in [2.24, 2.45) is 10.8 Å². The Kier molecular flexibility index (Phi) is 11.0. The van der Waals surface area contributed by atoms with Crippen molar-refractivity contribution in [2.45, 2.75) is 100 Å². The van der Waals surface area contributed by atoms with Crippen molar-refractivity contribution in [3.63, 3.8) is 0 Å². The number of ketones is 1. The molecule has 0 aliphatic heterocycles. The highest BCUT2D eigenvalue weighted by molar-refractivity contribution is 6.07. The molecule has 6 nitrogen and oxygen atoms in total. The highest BCUT2D eigenvalue weighted by atomic mass is 16.5. The molecule has 0 N–H and O–H groups in total. The van der Waals surface area contributed by atoms with Crippen LogP contribution in [0.15, 0.2) is 61.7 Å². The number of rotatable bonds is 11. The van der Waals surface area contributed by atoms with E-state index in [1.165, 1.54) is 6.08 Å². The van der Waals surface area contributed by atoms with Crippen LogP contribution in [0.25, 0.3) is 6.08 Å². The Bertz CT molecular complexity index is 1440. The van der Waals surface area contributed by atoms with E-state index in [1.54, 1.807) is 84.0 Å². The van der Waals surface area contributed by atoms with Crippen LogP contribution in [0.1, 0.15) is 110 Å². The summed E-state index contributed by atoms with van der Waals surface area (Å²) in [7, 11) is 0. The minimum absolute atomic E-state index is 0.218. The first-order chi connectivity index (χ1) is 20.0. The van der Waals surface area contributed by atoms with Gasteiger partial charge in [0.25, 0.3) is 0 Å². The molecule has 238 valence electrons. The minimum atomic E-state index is -0.754. The Morgan fingerprint density at radius 3 is 1.68 bits per heavy atom. The van der Waals surface area contributed by atoms with Gasteiger partial charge >= 0.3 is 11.9 Å². The monoisotopic (exact) mass is 602 g/mol. The zero-order chi connectivity index (χ0) is 33.8. The van der Waals surface area contributed by atoms with Crippen LogP contribution in [-0.4, -0.2) is 23.8 Å². The lowest BCUT2D eigenvalue weighted by Crippen LogP contribution is -2.30. The van der Waals surface area contributed by atoms with E-state index < -0.39 is 21.7 Å².